The van der Waals surface area contributed by atoms with Crippen molar-refractivity contribution in [3.05, 3.63) is 35.9 Å². The van der Waals surface area contributed by atoms with Crippen molar-refractivity contribution in [3.8, 4) is 0 Å². The van der Waals surface area contributed by atoms with Gasteiger partial charge in [-0.15, -0.1) is 0 Å². The van der Waals surface area contributed by atoms with Crippen molar-refractivity contribution in [1.29, 1.82) is 0 Å². The monoisotopic (exact) mass is 333 g/mol. The number of fused-ring (bicyclic) bond motifs is 2. The Kier molecular flexibility index (Phi) is 3.88. The highest BCUT2D eigenvalue weighted by Crippen LogP contribution is 2.46. The van der Waals surface area contributed by atoms with Crippen LogP contribution >= 0.6 is 0 Å². The van der Waals surface area contributed by atoms with Crippen LogP contribution in [0.2, 0.25) is 0 Å². The zero-order valence-electron chi connectivity index (χ0n) is 14.2. The number of hydrogen-bond donors (Lipinski definition) is 0. The molecule has 0 aromatic heterocycles. The number of hydrogen-bond acceptors (Lipinski definition) is 6. The van der Waals surface area contributed by atoms with Gasteiger partial charge in [0.2, 0.25) is 5.72 Å². The molecule has 0 amide bonds. The molecule has 0 N–H and O–H groups in total. The van der Waals surface area contributed by atoms with Crippen molar-refractivity contribution < 1.29 is 23.7 Å². The van der Waals surface area contributed by atoms with Gasteiger partial charge in [0.25, 0.3) is 0 Å². The summed E-state index contributed by atoms with van der Waals surface area (Å²) in [7, 11) is 0. The van der Waals surface area contributed by atoms with E-state index in [0.717, 1.165) is 5.56 Å². The summed E-state index contributed by atoms with van der Waals surface area (Å²) in [4.78, 5) is 4.56. The Morgan fingerprint density at radius 1 is 1.17 bits per heavy atom. The van der Waals surface area contributed by atoms with E-state index in [2.05, 4.69) is 4.99 Å². The zero-order valence-corrected chi connectivity index (χ0v) is 14.2. The average molecular weight is 333 g/mol. The normalized spacial score (nSPS) is 36.6. The van der Waals surface area contributed by atoms with Crippen molar-refractivity contribution in [3.63, 3.8) is 0 Å². The van der Waals surface area contributed by atoms with Crippen molar-refractivity contribution in [1.82, 2.24) is 0 Å². The minimum absolute atomic E-state index is 0.214. The first kappa shape index (κ1) is 16.0. The van der Waals surface area contributed by atoms with Crippen molar-refractivity contribution in [2.75, 3.05) is 13.2 Å². The number of rotatable bonds is 4. The molecule has 4 rings (SSSR count). The molecule has 3 aliphatic heterocycles. The van der Waals surface area contributed by atoms with E-state index in [9.17, 15) is 0 Å². The maximum atomic E-state index is 6.19. The Morgan fingerprint density at radius 2 is 1.96 bits per heavy atom. The fraction of sp³-hybridized carbons (Fsp3) is 0.611. The predicted octanol–water partition coefficient (Wildman–Crippen LogP) is 2.27. The number of aliphatic imine (C=N–C) groups is 1. The third-order valence-corrected chi connectivity index (χ3v) is 4.52. The van der Waals surface area contributed by atoms with Crippen molar-refractivity contribution in [2.24, 2.45) is 4.99 Å². The van der Waals surface area contributed by atoms with E-state index >= 15 is 0 Å². The molecule has 3 heterocycles. The van der Waals surface area contributed by atoms with E-state index in [0.29, 0.717) is 25.7 Å². The Balaban J connectivity index is 1.45. The third kappa shape index (κ3) is 2.84. The van der Waals surface area contributed by atoms with E-state index in [1.807, 2.05) is 51.1 Å². The molecule has 0 unspecified atom stereocenters. The molecule has 1 spiro atoms. The van der Waals surface area contributed by atoms with Crippen molar-refractivity contribution in [2.45, 2.75) is 57.2 Å². The lowest BCUT2D eigenvalue weighted by molar-refractivity contribution is -0.214. The van der Waals surface area contributed by atoms with E-state index < -0.39 is 11.5 Å². The van der Waals surface area contributed by atoms with E-state index in [4.69, 9.17) is 23.7 Å². The lowest BCUT2D eigenvalue weighted by Gasteiger charge is -2.27. The molecular weight excluding hydrogens is 310 g/mol. The van der Waals surface area contributed by atoms with E-state index in [1.54, 1.807) is 0 Å². The largest absolute Gasteiger partial charge is 0.476 e. The van der Waals surface area contributed by atoms with Gasteiger partial charge in [0.05, 0.1) is 13.2 Å². The zero-order chi connectivity index (χ0) is 16.8. The summed E-state index contributed by atoms with van der Waals surface area (Å²) in [5, 5.41) is 0. The molecule has 2 fully saturated rings. The summed E-state index contributed by atoms with van der Waals surface area (Å²) in [5.41, 5.74) is 0.312. The Bertz CT molecular complexity index is 632. The predicted molar refractivity (Wildman–Crippen MR) is 86.6 cm³/mol. The first-order valence-corrected chi connectivity index (χ1v) is 8.32. The van der Waals surface area contributed by atoms with Gasteiger partial charge in [0, 0.05) is 6.92 Å². The highest BCUT2D eigenvalue weighted by atomic mass is 16.8. The van der Waals surface area contributed by atoms with Crippen LogP contribution in [0.25, 0.3) is 0 Å². The van der Waals surface area contributed by atoms with Crippen LogP contribution in [0.5, 0.6) is 0 Å². The molecule has 6 heteroatoms. The fourth-order valence-corrected chi connectivity index (χ4v) is 3.55. The van der Waals surface area contributed by atoms with Gasteiger partial charge >= 0.3 is 0 Å². The highest BCUT2D eigenvalue weighted by Gasteiger charge is 2.65. The van der Waals surface area contributed by atoms with E-state index in [-0.39, 0.29) is 18.3 Å². The fourth-order valence-electron chi connectivity index (χ4n) is 3.55. The lowest BCUT2D eigenvalue weighted by Crippen LogP contribution is -2.43. The van der Waals surface area contributed by atoms with Crippen LogP contribution in [0.4, 0.5) is 0 Å². The number of nitrogens with zero attached hydrogens (tertiary/aromatic N) is 1. The second-order valence-electron chi connectivity index (χ2n) is 6.94. The minimum Gasteiger partial charge on any atom is -0.476 e. The third-order valence-electron chi connectivity index (χ3n) is 4.52. The Morgan fingerprint density at radius 3 is 2.67 bits per heavy atom. The summed E-state index contributed by atoms with van der Waals surface area (Å²) in [6, 6.07) is 10.1. The molecule has 6 nitrogen and oxygen atoms in total. The molecule has 1 aromatic rings. The van der Waals surface area contributed by atoms with E-state index in [1.165, 1.54) is 0 Å². The molecule has 0 aliphatic carbocycles. The molecule has 4 atom stereocenters. The highest BCUT2D eigenvalue weighted by molar-refractivity contribution is 5.75. The maximum absolute atomic E-state index is 6.19. The molecule has 0 saturated carbocycles. The molecule has 3 aliphatic rings. The molecule has 0 bridgehead atoms. The minimum atomic E-state index is -0.816. The van der Waals surface area contributed by atoms with Crippen LogP contribution < -0.4 is 0 Å². The first-order valence-electron chi connectivity index (χ1n) is 8.32. The van der Waals surface area contributed by atoms with Crippen LogP contribution in [0, 0.1) is 0 Å². The number of ether oxygens (including phenoxy) is 5. The van der Waals surface area contributed by atoms with Crippen molar-refractivity contribution >= 4 is 5.90 Å². The van der Waals surface area contributed by atoms with Crippen LogP contribution in [0.15, 0.2) is 35.3 Å². The molecular formula is C18H23NO5. The lowest BCUT2D eigenvalue weighted by atomic mass is 10.0. The Labute approximate surface area is 141 Å². The summed E-state index contributed by atoms with van der Waals surface area (Å²) < 4.78 is 29.7. The Hall–Kier alpha value is -1.47. The standard InChI is InChI=1S/C18H23NO5/c1-12-19-18(11-21-12)16-15(23-17(2,3)24-16)14(22-18)10-20-9-13-7-5-4-6-8-13/h4-8,14-16H,9-11H2,1-3H3/t14-,15-,16-,18-/m1/s1. The summed E-state index contributed by atoms with van der Waals surface area (Å²) >= 11 is 0. The topological polar surface area (TPSA) is 58.5 Å². The van der Waals surface area contributed by atoms with Crippen LogP contribution in [0.1, 0.15) is 26.3 Å². The SMILES string of the molecule is CC1=N[C@]2(CO1)O[C@H](COCc1ccccc1)[C@H]1OC(C)(C)O[C@H]12. The first-order chi connectivity index (χ1) is 11.5. The van der Waals surface area contributed by atoms with Crippen LogP contribution in [0.3, 0.4) is 0 Å². The van der Waals surface area contributed by atoms with Gasteiger partial charge < -0.3 is 23.7 Å². The van der Waals surface area contributed by atoms with Gasteiger partial charge in [-0.3, -0.25) is 0 Å². The smallest absolute Gasteiger partial charge is 0.226 e. The summed E-state index contributed by atoms with van der Waals surface area (Å²) in [6.07, 6.45) is -0.733. The van der Waals surface area contributed by atoms with Gasteiger partial charge in [-0.25, -0.2) is 4.99 Å². The second kappa shape index (κ2) is 5.81. The molecule has 2 saturated heterocycles. The molecule has 24 heavy (non-hydrogen) atoms. The molecule has 130 valence electrons. The quantitative estimate of drug-likeness (QED) is 0.846. The van der Waals surface area contributed by atoms with Crippen LogP contribution in [-0.2, 0) is 30.3 Å². The maximum Gasteiger partial charge on any atom is 0.226 e. The van der Waals surface area contributed by atoms with Gasteiger partial charge in [0.15, 0.2) is 11.7 Å². The molecule has 1 aromatic carbocycles. The van der Waals surface area contributed by atoms with Crippen LogP contribution in [-0.4, -0.2) is 48.9 Å². The summed E-state index contributed by atoms with van der Waals surface area (Å²) in [5.74, 6) is -0.0385. The van der Waals surface area contributed by atoms with Gasteiger partial charge in [-0.05, 0) is 19.4 Å². The van der Waals surface area contributed by atoms with Gasteiger partial charge in [-0.2, -0.15) is 0 Å². The van der Waals surface area contributed by atoms with Gasteiger partial charge in [-0.1, -0.05) is 30.3 Å². The average Bonchev–Trinajstić information content (AvgIpc) is 3.15. The molecule has 0 radical (unpaired) electrons. The van der Waals surface area contributed by atoms with Gasteiger partial charge in [0.1, 0.15) is 24.9 Å². The number of benzene rings is 1. The second-order valence-corrected chi connectivity index (χ2v) is 6.94. The summed E-state index contributed by atoms with van der Waals surface area (Å²) in [6.45, 7) is 6.96.